The normalized spacial score (nSPS) is 24.8. The average Bonchev–Trinajstić information content (AvgIpc) is 1.88. The van der Waals surface area contributed by atoms with E-state index in [0.29, 0.717) is 6.42 Å². The lowest BCUT2D eigenvalue weighted by molar-refractivity contribution is -0.126. The number of primary amides is 1. The van der Waals surface area contributed by atoms with Gasteiger partial charge in [0.05, 0.1) is 0 Å². The van der Waals surface area contributed by atoms with Gasteiger partial charge in [-0.25, -0.2) is 0 Å². The van der Waals surface area contributed by atoms with Gasteiger partial charge in [-0.15, -0.1) is 0 Å². The number of hydrogen-bond donors (Lipinski definition) is 1. The molecule has 1 rings (SSSR count). The minimum absolute atomic E-state index is 0.00458. The molecule has 0 saturated carbocycles. The van der Waals surface area contributed by atoms with Crippen LogP contribution in [0.1, 0.15) is 12.8 Å². The van der Waals surface area contributed by atoms with Crippen LogP contribution in [0.3, 0.4) is 0 Å². The van der Waals surface area contributed by atoms with Crippen LogP contribution in [-0.2, 0) is 9.59 Å². The van der Waals surface area contributed by atoms with Crippen molar-refractivity contribution in [2.75, 3.05) is 0 Å². The molecule has 0 saturated heterocycles. The van der Waals surface area contributed by atoms with Crippen molar-refractivity contribution in [2.24, 2.45) is 11.7 Å². The largest absolute Gasteiger partial charge is 0.369 e. The van der Waals surface area contributed by atoms with Gasteiger partial charge in [0.2, 0.25) is 5.91 Å². The molecule has 3 nitrogen and oxygen atoms in total. The molecule has 0 spiro atoms. The molecule has 1 atom stereocenters. The number of hydrogen-bond acceptors (Lipinski definition) is 2. The second-order valence-corrected chi connectivity index (χ2v) is 2.41. The Morgan fingerprint density at radius 1 is 1.70 bits per heavy atom. The maximum absolute atomic E-state index is 10.7. The maximum Gasteiger partial charge on any atom is 0.221 e. The van der Waals surface area contributed by atoms with Crippen molar-refractivity contribution >= 4 is 11.7 Å². The van der Waals surface area contributed by atoms with Crippen molar-refractivity contribution in [3.63, 3.8) is 0 Å². The van der Waals surface area contributed by atoms with Gasteiger partial charge >= 0.3 is 0 Å². The third-order valence-corrected chi connectivity index (χ3v) is 1.57. The molecule has 0 fully saturated rings. The summed E-state index contributed by atoms with van der Waals surface area (Å²) in [5.41, 5.74) is 5.00. The Balaban J connectivity index is 2.60. The predicted octanol–water partition coefficient (Wildman–Crippen LogP) is 0.00700. The van der Waals surface area contributed by atoms with Gasteiger partial charge in [-0.05, 0) is 12.5 Å². The van der Waals surface area contributed by atoms with Crippen LogP contribution in [0.25, 0.3) is 0 Å². The molecule has 0 bridgehead atoms. The summed E-state index contributed by atoms with van der Waals surface area (Å²) in [6.07, 6.45) is 4.09. The molecule has 0 aromatic heterocycles. The highest BCUT2D eigenvalue weighted by molar-refractivity contribution is 5.94. The first-order chi connectivity index (χ1) is 4.70. The first-order valence-corrected chi connectivity index (χ1v) is 3.19. The third kappa shape index (κ3) is 1.43. The lowest BCUT2D eigenvalue weighted by Gasteiger charge is -2.11. The highest BCUT2D eigenvalue weighted by Crippen LogP contribution is 2.14. The standard InChI is InChI=1S/C7H9NO2/c8-7(10)5-2-1-3-6(9)4-5/h1,3,5H,2,4H2,(H2,8,10). The Morgan fingerprint density at radius 3 is 2.80 bits per heavy atom. The summed E-state index contributed by atoms with van der Waals surface area (Å²) < 4.78 is 0. The molecule has 3 heteroatoms. The van der Waals surface area contributed by atoms with Crippen LogP contribution in [0.5, 0.6) is 0 Å². The van der Waals surface area contributed by atoms with Crippen molar-refractivity contribution in [3.05, 3.63) is 12.2 Å². The highest BCUT2D eigenvalue weighted by Gasteiger charge is 2.19. The summed E-state index contributed by atoms with van der Waals surface area (Å²) >= 11 is 0. The zero-order valence-corrected chi connectivity index (χ0v) is 5.54. The summed E-state index contributed by atoms with van der Waals surface area (Å²) in [6, 6.07) is 0. The Labute approximate surface area is 58.9 Å². The second kappa shape index (κ2) is 2.64. The van der Waals surface area contributed by atoms with Gasteiger partial charge in [-0.1, -0.05) is 6.08 Å². The van der Waals surface area contributed by atoms with Gasteiger partial charge in [-0.3, -0.25) is 9.59 Å². The first-order valence-electron chi connectivity index (χ1n) is 3.19. The van der Waals surface area contributed by atoms with Gasteiger partial charge in [0, 0.05) is 12.3 Å². The maximum atomic E-state index is 10.7. The predicted molar refractivity (Wildman–Crippen MR) is 36.1 cm³/mol. The van der Waals surface area contributed by atoms with Crippen LogP contribution >= 0.6 is 0 Å². The fourth-order valence-corrected chi connectivity index (χ4v) is 0.975. The molecule has 0 radical (unpaired) electrons. The van der Waals surface area contributed by atoms with E-state index in [1.165, 1.54) is 6.08 Å². The van der Waals surface area contributed by atoms with Crippen molar-refractivity contribution in [1.82, 2.24) is 0 Å². The number of amides is 1. The second-order valence-electron chi connectivity index (χ2n) is 2.41. The molecule has 1 unspecified atom stereocenters. The van der Waals surface area contributed by atoms with E-state index in [0.717, 1.165) is 0 Å². The molecular formula is C7H9NO2. The molecule has 1 aliphatic rings. The summed E-state index contributed by atoms with van der Waals surface area (Å²) in [7, 11) is 0. The van der Waals surface area contributed by atoms with E-state index in [1.807, 2.05) is 0 Å². The average molecular weight is 139 g/mol. The van der Waals surface area contributed by atoms with Crippen molar-refractivity contribution in [3.8, 4) is 0 Å². The Hall–Kier alpha value is -1.12. The van der Waals surface area contributed by atoms with Crippen LogP contribution < -0.4 is 5.73 Å². The van der Waals surface area contributed by atoms with Gasteiger partial charge in [0.25, 0.3) is 0 Å². The Morgan fingerprint density at radius 2 is 2.40 bits per heavy atom. The molecule has 0 aromatic carbocycles. The SMILES string of the molecule is NC(=O)C1CC=CC(=O)C1. The summed E-state index contributed by atoms with van der Waals surface area (Å²) in [5, 5.41) is 0. The van der Waals surface area contributed by atoms with E-state index in [-0.39, 0.29) is 24.0 Å². The first kappa shape index (κ1) is 6.99. The smallest absolute Gasteiger partial charge is 0.221 e. The van der Waals surface area contributed by atoms with E-state index in [4.69, 9.17) is 5.73 Å². The van der Waals surface area contributed by atoms with Crippen LogP contribution in [0.2, 0.25) is 0 Å². The summed E-state index contributed by atoms with van der Waals surface area (Å²) in [5.74, 6) is -0.648. The van der Waals surface area contributed by atoms with Crippen molar-refractivity contribution < 1.29 is 9.59 Å². The van der Waals surface area contributed by atoms with E-state index in [2.05, 4.69) is 0 Å². The highest BCUT2D eigenvalue weighted by atomic mass is 16.1. The molecule has 2 N–H and O–H groups in total. The van der Waals surface area contributed by atoms with Crippen LogP contribution in [-0.4, -0.2) is 11.7 Å². The number of allylic oxidation sites excluding steroid dienone is 2. The molecule has 54 valence electrons. The van der Waals surface area contributed by atoms with E-state index in [1.54, 1.807) is 6.08 Å². The number of nitrogens with two attached hydrogens (primary N) is 1. The summed E-state index contributed by atoms with van der Waals surface area (Å²) in [4.78, 5) is 21.2. The van der Waals surface area contributed by atoms with Crippen LogP contribution in [0.15, 0.2) is 12.2 Å². The Bertz CT molecular complexity index is 196. The van der Waals surface area contributed by atoms with Gasteiger partial charge in [-0.2, -0.15) is 0 Å². The molecule has 1 amide bonds. The third-order valence-electron chi connectivity index (χ3n) is 1.57. The molecule has 0 aliphatic heterocycles. The number of carbonyl (C=O) groups excluding carboxylic acids is 2. The molecular weight excluding hydrogens is 130 g/mol. The van der Waals surface area contributed by atoms with Crippen LogP contribution in [0, 0.1) is 5.92 Å². The molecule has 10 heavy (non-hydrogen) atoms. The monoisotopic (exact) mass is 139 g/mol. The van der Waals surface area contributed by atoms with Crippen molar-refractivity contribution in [1.29, 1.82) is 0 Å². The zero-order chi connectivity index (χ0) is 7.56. The van der Waals surface area contributed by atoms with Crippen LogP contribution in [0.4, 0.5) is 0 Å². The topological polar surface area (TPSA) is 60.2 Å². The molecule has 0 aromatic rings. The Kier molecular flexibility index (Phi) is 1.85. The zero-order valence-electron chi connectivity index (χ0n) is 5.54. The quantitative estimate of drug-likeness (QED) is 0.556. The fraction of sp³-hybridized carbons (Fsp3) is 0.429. The number of ketones is 1. The van der Waals surface area contributed by atoms with E-state index in [9.17, 15) is 9.59 Å². The summed E-state index contributed by atoms with van der Waals surface area (Å²) in [6.45, 7) is 0. The van der Waals surface area contributed by atoms with Gasteiger partial charge in [0.15, 0.2) is 5.78 Å². The fourth-order valence-electron chi connectivity index (χ4n) is 0.975. The molecule has 1 aliphatic carbocycles. The van der Waals surface area contributed by atoms with E-state index < -0.39 is 0 Å². The van der Waals surface area contributed by atoms with Gasteiger partial charge in [0.1, 0.15) is 0 Å². The number of rotatable bonds is 1. The number of carbonyl (C=O) groups is 2. The van der Waals surface area contributed by atoms with E-state index >= 15 is 0 Å². The minimum Gasteiger partial charge on any atom is -0.369 e. The lowest BCUT2D eigenvalue weighted by Crippen LogP contribution is -2.26. The van der Waals surface area contributed by atoms with Crippen molar-refractivity contribution in [2.45, 2.75) is 12.8 Å². The molecule has 0 heterocycles. The minimum atomic E-state index is -0.377. The lowest BCUT2D eigenvalue weighted by atomic mass is 9.93. The van der Waals surface area contributed by atoms with Gasteiger partial charge < -0.3 is 5.73 Å².